The Morgan fingerprint density at radius 3 is 0.763 bits per heavy atom. The summed E-state index contributed by atoms with van der Waals surface area (Å²) in [4.78, 5) is 25.9. The summed E-state index contributed by atoms with van der Waals surface area (Å²) in [6, 6.07) is 26.2. The summed E-state index contributed by atoms with van der Waals surface area (Å²) in [6.45, 7) is 0. The lowest BCUT2D eigenvalue weighted by Crippen LogP contribution is -3.61. The largest absolute Gasteiger partial charge is 0.456 e. The lowest BCUT2D eigenvalue weighted by atomic mass is 9.12. The minimum atomic E-state index is -7.22. The first-order chi connectivity index (χ1) is 35.9. The van der Waals surface area contributed by atoms with Gasteiger partial charge in [-0.3, -0.25) is 9.59 Å². The van der Waals surface area contributed by atoms with E-state index in [1.165, 1.54) is 0 Å². The quantitative estimate of drug-likeness (QED) is 0.0422. The van der Waals surface area contributed by atoms with E-state index in [9.17, 15) is 62.3 Å². The second-order valence-electron chi connectivity index (χ2n) is 16.0. The zero-order valence-corrected chi connectivity index (χ0v) is 38.4. The monoisotopic (exact) mass is 1200 g/mol. The average molecular weight is 1200 g/mol. The van der Waals surface area contributed by atoms with Gasteiger partial charge < -0.3 is 8.83 Å². The smallest absolute Gasteiger partial charge is 0.357 e. The van der Waals surface area contributed by atoms with Crippen molar-refractivity contribution >= 4 is 71.9 Å². The topological polar surface area (TPSA) is 60.4 Å². The standard InChI is InChI=1S/C26H14IO4.C24BF20/c28-25-17-5-1-3-7-21(17)30-23-11-9-15(13-19(23)25)27-16-10-12-24-20(14-16)26(29)18-6-2-4-8-22(18)31-24;26-5-1(6(27)14(35)21(42)13(5)34)25(2-7(28)15(36)22(43)16(37)8(2)29,3-9(30)17(38)23(44)18(39)10(3)31)4-11(32)19(40)24(45)20(41)12(4)33/h1-14H;/q+1;-1. The Labute approximate surface area is 417 Å². The lowest BCUT2D eigenvalue weighted by Gasteiger charge is -2.44. The molecule has 0 unspecified atom stereocenters. The molecule has 0 N–H and O–H groups in total. The molecule has 0 saturated carbocycles. The Balaban J connectivity index is 0.000000197. The van der Waals surface area contributed by atoms with Crippen molar-refractivity contribution in [2.75, 3.05) is 0 Å². The molecule has 0 bridgehead atoms. The lowest BCUT2D eigenvalue weighted by molar-refractivity contribution is -0.597. The summed E-state index contributed by atoms with van der Waals surface area (Å²) in [5.74, 6) is -71.4. The summed E-state index contributed by atoms with van der Waals surface area (Å²) >= 11 is -0.596. The predicted molar refractivity (Wildman–Crippen MR) is 227 cm³/mol. The third-order valence-corrected chi connectivity index (χ3v) is 14.6. The van der Waals surface area contributed by atoms with E-state index in [4.69, 9.17) is 8.83 Å². The third-order valence-electron chi connectivity index (χ3n) is 12.0. The third kappa shape index (κ3) is 7.92. The maximum absolute atomic E-state index is 15.4. The molecule has 0 aliphatic rings. The zero-order valence-electron chi connectivity index (χ0n) is 36.2. The van der Waals surface area contributed by atoms with Gasteiger partial charge in [-0.1, -0.05) is 24.3 Å². The van der Waals surface area contributed by atoms with Crippen molar-refractivity contribution in [1.29, 1.82) is 0 Å². The first-order valence-electron chi connectivity index (χ1n) is 20.7. The van der Waals surface area contributed by atoms with Crippen molar-refractivity contribution in [3.63, 3.8) is 0 Å². The van der Waals surface area contributed by atoms with E-state index in [0.717, 1.165) is 7.14 Å². The molecule has 76 heavy (non-hydrogen) atoms. The molecule has 0 aliphatic heterocycles. The van der Waals surface area contributed by atoms with Gasteiger partial charge in [0.15, 0.2) is 76.9 Å². The molecular formula is C50H14BF20IO4. The Morgan fingerprint density at radius 2 is 0.500 bits per heavy atom. The Kier molecular flexibility index (Phi) is 13.5. The van der Waals surface area contributed by atoms with E-state index >= 15 is 35.1 Å². The van der Waals surface area contributed by atoms with Crippen molar-refractivity contribution < 1.29 is 118 Å². The van der Waals surface area contributed by atoms with Gasteiger partial charge in [-0.15, -0.1) is 21.9 Å². The fourth-order valence-electron chi connectivity index (χ4n) is 8.67. The van der Waals surface area contributed by atoms with Crippen molar-refractivity contribution in [3.8, 4) is 0 Å². The molecule has 0 fully saturated rings. The van der Waals surface area contributed by atoms with E-state index in [0.29, 0.717) is 43.9 Å². The van der Waals surface area contributed by atoms with Crippen LogP contribution in [0.1, 0.15) is 0 Å². The van der Waals surface area contributed by atoms with Crippen LogP contribution in [0.25, 0.3) is 43.9 Å². The number of fused-ring (bicyclic) bond motifs is 4. The number of benzene rings is 8. The fourth-order valence-corrected chi connectivity index (χ4v) is 11.0. The first-order valence-corrected chi connectivity index (χ1v) is 22.8. The highest BCUT2D eigenvalue weighted by Gasteiger charge is 2.52. The Hall–Kier alpha value is -7.91. The second-order valence-corrected chi connectivity index (χ2v) is 19.1. The van der Waals surface area contributed by atoms with Crippen molar-refractivity contribution in [1.82, 2.24) is 0 Å². The van der Waals surface area contributed by atoms with Crippen molar-refractivity contribution in [2.45, 2.75) is 0 Å². The van der Waals surface area contributed by atoms with Crippen molar-refractivity contribution in [2.24, 2.45) is 0 Å². The molecule has 8 aromatic carbocycles. The Morgan fingerprint density at radius 1 is 0.276 bits per heavy atom. The van der Waals surface area contributed by atoms with Crippen LogP contribution in [0.15, 0.2) is 103 Å². The molecular weight excluding hydrogens is 1180 g/mol. The summed E-state index contributed by atoms with van der Waals surface area (Å²) in [5.41, 5.74) is -12.0. The summed E-state index contributed by atoms with van der Waals surface area (Å²) in [7, 11) is 0. The molecule has 10 rings (SSSR count). The van der Waals surface area contributed by atoms with Crippen LogP contribution in [0.2, 0.25) is 0 Å². The number of hydrogen-bond donors (Lipinski definition) is 0. The zero-order chi connectivity index (χ0) is 55.3. The summed E-state index contributed by atoms with van der Waals surface area (Å²) in [5, 5.41) is 2.34. The maximum Gasteiger partial charge on any atom is 0.357 e. The van der Waals surface area contributed by atoms with Gasteiger partial charge >= 0.3 is 21.2 Å². The van der Waals surface area contributed by atoms with Gasteiger partial charge in [0.2, 0.25) is 10.9 Å². The highest BCUT2D eigenvalue weighted by atomic mass is 127. The van der Waals surface area contributed by atoms with Crippen LogP contribution in [-0.4, -0.2) is 6.15 Å². The van der Waals surface area contributed by atoms with Gasteiger partial charge in [0.05, 0.1) is 21.5 Å². The molecule has 10 aromatic rings. The normalized spacial score (nSPS) is 11.8. The molecule has 4 nitrogen and oxygen atoms in total. The van der Waals surface area contributed by atoms with E-state index < -0.39 is 166 Å². The van der Waals surface area contributed by atoms with Crippen LogP contribution >= 0.6 is 0 Å². The molecule has 388 valence electrons. The van der Waals surface area contributed by atoms with Gasteiger partial charge in [0.25, 0.3) is 0 Å². The predicted octanol–water partition coefficient (Wildman–Crippen LogP) is 8.18. The number of halogens is 21. The van der Waals surface area contributed by atoms with Crippen molar-refractivity contribution in [3.05, 3.63) is 229 Å². The van der Waals surface area contributed by atoms with Gasteiger partial charge in [0, 0.05) is 12.1 Å². The molecule has 0 aliphatic carbocycles. The van der Waals surface area contributed by atoms with Crippen LogP contribution in [0.4, 0.5) is 87.8 Å². The maximum atomic E-state index is 15.4. The highest BCUT2D eigenvalue weighted by molar-refractivity contribution is 7.20. The molecule has 0 amide bonds. The van der Waals surface area contributed by atoms with E-state index in [1.807, 2.05) is 60.7 Å². The van der Waals surface area contributed by atoms with Crippen LogP contribution in [0, 0.1) is 123 Å². The first kappa shape index (κ1) is 52.9. The van der Waals surface area contributed by atoms with Gasteiger partial charge in [-0.2, -0.15) is 0 Å². The summed E-state index contributed by atoms with van der Waals surface area (Å²) in [6.07, 6.45) is -7.22. The summed E-state index contributed by atoms with van der Waals surface area (Å²) < 4.78 is 308. The van der Waals surface area contributed by atoms with Crippen LogP contribution < -0.4 is 53.9 Å². The molecule has 0 radical (unpaired) electrons. The fraction of sp³-hybridized carbons (Fsp3) is 0. The second kappa shape index (κ2) is 19.3. The van der Waals surface area contributed by atoms with Crippen LogP contribution in [-0.2, 0) is 0 Å². The number of para-hydroxylation sites is 2. The van der Waals surface area contributed by atoms with Crippen LogP contribution in [0.5, 0.6) is 0 Å². The Bertz CT molecular complexity index is 3770. The molecule has 0 spiro atoms. The molecule has 2 heterocycles. The molecule has 0 atom stereocenters. The van der Waals surface area contributed by atoms with Crippen LogP contribution in [0.3, 0.4) is 0 Å². The van der Waals surface area contributed by atoms with Gasteiger partial charge in [-0.25, -0.2) is 87.8 Å². The minimum absolute atomic E-state index is 0.0201. The molecule has 2 aromatic heterocycles. The van der Waals surface area contributed by atoms with E-state index in [-0.39, 0.29) is 10.9 Å². The van der Waals surface area contributed by atoms with E-state index in [1.54, 1.807) is 24.3 Å². The van der Waals surface area contributed by atoms with Gasteiger partial charge in [0.1, 0.15) is 75.0 Å². The number of hydrogen-bond acceptors (Lipinski definition) is 4. The van der Waals surface area contributed by atoms with E-state index in [2.05, 4.69) is 0 Å². The average Bonchev–Trinajstić information content (AvgIpc) is 3.42. The highest BCUT2D eigenvalue weighted by Crippen LogP contribution is 2.31. The molecule has 26 heteroatoms. The molecule has 0 saturated heterocycles. The number of rotatable bonds is 6. The minimum Gasteiger partial charge on any atom is -0.456 e. The SMILES string of the molecule is Fc1c(F)c(F)c([B-](c2c(F)c(F)c(F)c(F)c2F)(c2c(F)c(F)c(F)c(F)c2F)c2c(F)c(F)c(F)c(F)c2F)c(F)c1F.O=c1c2ccccc2oc2ccc([I+]c3ccc4oc5ccccc5c(=O)c4c3)cc12. The van der Waals surface area contributed by atoms with Gasteiger partial charge in [-0.05, 0) is 48.5 Å².